The minimum absolute atomic E-state index is 0.143. The van der Waals surface area contributed by atoms with Crippen LogP contribution < -0.4 is 4.74 Å². The lowest BCUT2D eigenvalue weighted by Crippen LogP contribution is -2.09. The maximum atomic E-state index is 10.1. The smallest absolute Gasteiger partial charge is 0.160 e. The molecule has 22 heavy (non-hydrogen) atoms. The minimum Gasteiger partial charge on any atom is -0.504 e. The lowest BCUT2D eigenvalue weighted by atomic mass is 10.0. The third-order valence-corrected chi connectivity index (χ3v) is 4.22. The number of aliphatic hydroxyl groups excluding tert-OH is 1. The second-order valence-corrected chi connectivity index (χ2v) is 6.28. The van der Waals surface area contributed by atoms with Gasteiger partial charge < -0.3 is 14.9 Å². The van der Waals surface area contributed by atoms with Crippen molar-refractivity contribution in [2.24, 2.45) is 0 Å². The van der Waals surface area contributed by atoms with E-state index in [9.17, 15) is 10.2 Å². The number of halogens is 1. The molecule has 0 fully saturated rings. The molecule has 1 atom stereocenters. The maximum Gasteiger partial charge on any atom is 0.160 e. The molecular weight excluding hydrogens is 344 g/mol. The van der Waals surface area contributed by atoms with Crippen LogP contribution >= 0.6 is 15.9 Å². The van der Waals surface area contributed by atoms with E-state index in [2.05, 4.69) is 28.1 Å². The number of rotatable bonds is 7. The zero-order valence-corrected chi connectivity index (χ0v) is 14.2. The number of phenolic OH excluding ortho intramolecular Hbond substituents is 1. The first-order valence-corrected chi connectivity index (χ1v) is 8.16. The summed E-state index contributed by atoms with van der Waals surface area (Å²) >= 11 is 3.41. The van der Waals surface area contributed by atoms with Crippen LogP contribution in [0.15, 0.2) is 46.9 Å². The van der Waals surface area contributed by atoms with Crippen LogP contribution in [0.2, 0.25) is 0 Å². The topological polar surface area (TPSA) is 49.7 Å². The van der Waals surface area contributed by atoms with E-state index in [4.69, 9.17) is 4.74 Å². The number of hydrogen-bond acceptors (Lipinski definition) is 3. The number of methoxy groups -OCH3 is 1. The fourth-order valence-electron chi connectivity index (χ4n) is 2.35. The van der Waals surface area contributed by atoms with Gasteiger partial charge in [0.1, 0.15) is 0 Å². The van der Waals surface area contributed by atoms with Crippen LogP contribution in [0, 0.1) is 0 Å². The summed E-state index contributed by atoms with van der Waals surface area (Å²) in [5, 5.41) is 19.8. The second-order valence-electron chi connectivity index (χ2n) is 5.36. The standard InChI is InChI=1S/C18H21BrO3/c1-22-18-11-6-14(12-17(18)21)5-10-16(20)9-4-13-2-7-15(19)8-3-13/h2-3,6-8,11-12,16,20-21H,4-5,9-10H2,1H3. The molecule has 0 saturated carbocycles. The average Bonchev–Trinajstić information content (AvgIpc) is 2.52. The summed E-state index contributed by atoms with van der Waals surface area (Å²) in [7, 11) is 1.53. The molecule has 0 aliphatic carbocycles. The monoisotopic (exact) mass is 364 g/mol. The normalized spacial score (nSPS) is 12.1. The SMILES string of the molecule is COc1ccc(CCC(O)CCc2ccc(Br)cc2)cc1O. The van der Waals surface area contributed by atoms with Gasteiger partial charge in [-0.15, -0.1) is 0 Å². The average molecular weight is 365 g/mol. The van der Waals surface area contributed by atoms with Gasteiger partial charge in [0.15, 0.2) is 11.5 Å². The van der Waals surface area contributed by atoms with Crippen molar-refractivity contribution in [1.29, 1.82) is 0 Å². The molecule has 0 saturated heterocycles. The lowest BCUT2D eigenvalue weighted by molar-refractivity contribution is 0.155. The third kappa shape index (κ3) is 5.04. The number of benzene rings is 2. The van der Waals surface area contributed by atoms with Gasteiger partial charge in [0.2, 0.25) is 0 Å². The Morgan fingerprint density at radius 1 is 1.00 bits per heavy atom. The van der Waals surface area contributed by atoms with E-state index in [1.165, 1.54) is 12.7 Å². The second kappa shape index (κ2) is 8.20. The number of aryl methyl sites for hydroxylation is 2. The van der Waals surface area contributed by atoms with Gasteiger partial charge in [0.25, 0.3) is 0 Å². The molecule has 2 rings (SSSR count). The van der Waals surface area contributed by atoms with Crippen molar-refractivity contribution in [2.75, 3.05) is 7.11 Å². The zero-order chi connectivity index (χ0) is 15.9. The molecule has 0 spiro atoms. The third-order valence-electron chi connectivity index (χ3n) is 3.69. The quantitative estimate of drug-likeness (QED) is 0.777. The van der Waals surface area contributed by atoms with E-state index in [-0.39, 0.29) is 11.9 Å². The molecule has 3 nitrogen and oxygen atoms in total. The van der Waals surface area contributed by atoms with Gasteiger partial charge in [-0.05, 0) is 61.1 Å². The van der Waals surface area contributed by atoms with E-state index < -0.39 is 0 Å². The highest BCUT2D eigenvalue weighted by molar-refractivity contribution is 9.10. The fraction of sp³-hybridized carbons (Fsp3) is 0.333. The van der Waals surface area contributed by atoms with Gasteiger partial charge in [-0.3, -0.25) is 0 Å². The highest BCUT2D eigenvalue weighted by Gasteiger charge is 2.07. The van der Waals surface area contributed by atoms with Crippen molar-refractivity contribution in [3.8, 4) is 11.5 Å². The molecule has 2 aromatic rings. The van der Waals surface area contributed by atoms with Gasteiger partial charge >= 0.3 is 0 Å². The number of hydrogen-bond donors (Lipinski definition) is 2. The number of ether oxygens (including phenoxy) is 1. The first-order chi connectivity index (χ1) is 10.6. The number of aliphatic hydroxyl groups is 1. The Balaban J connectivity index is 1.78. The number of phenols is 1. The van der Waals surface area contributed by atoms with Crippen molar-refractivity contribution in [3.05, 3.63) is 58.1 Å². The molecule has 2 N–H and O–H groups in total. The Morgan fingerprint density at radius 2 is 1.59 bits per heavy atom. The summed E-state index contributed by atoms with van der Waals surface area (Å²) in [6.45, 7) is 0. The molecule has 1 unspecified atom stereocenters. The van der Waals surface area contributed by atoms with Crippen LogP contribution in [0.25, 0.3) is 0 Å². The highest BCUT2D eigenvalue weighted by Crippen LogP contribution is 2.27. The van der Waals surface area contributed by atoms with Gasteiger partial charge in [0.05, 0.1) is 13.2 Å². The summed E-state index contributed by atoms with van der Waals surface area (Å²) in [4.78, 5) is 0. The van der Waals surface area contributed by atoms with Gasteiger partial charge in [-0.2, -0.15) is 0 Å². The van der Waals surface area contributed by atoms with Crippen LogP contribution in [0.1, 0.15) is 24.0 Å². The summed E-state index contributed by atoms with van der Waals surface area (Å²) in [6, 6.07) is 13.5. The molecule has 0 radical (unpaired) electrons. The van der Waals surface area contributed by atoms with Crippen LogP contribution in [0.5, 0.6) is 11.5 Å². The zero-order valence-electron chi connectivity index (χ0n) is 12.6. The Morgan fingerprint density at radius 3 is 2.18 bits per heavy atom. The Hall–Kier alpha value is -1.52. The molecule has 0 amide bonds. The van der Waals surface area contributed by atoms with Crippen molar-refractivity contribution in [2.45, 2.75) is 31.8 Å². The molecule has 118 valence electrons. The van der Waals surface area contributed by atoms with E-state index in [0.717, 1.165) is 29.3 Å². The summed E-state index contributed by atoms with van der Waals surface area (Å²) in [5.74, 6) is 0.615. The van der Waals surface area contributed by atoms with Gasteiger partial charge in [-0.25, -0.2) is 0 Å². The Bertz CT molecular complexity index is 596. The molecule has 0 aromatic heterocycles. The highest BCUT2D eigenvalue weighted by atomic mass is 79.9. The van der Waals surface area contributed by atoms with Crippen molar-refractivity contribution in [3.63, 3.8) is 0 Å². The lowest BCUT2D eigenvalue weighted by Gasteiger charge is -2.11. The summed E-state index contributed by atoms with van der Waals surface area (Å²) in [5.41, 5.74) is 2.23. The summed E-state index contributed by atoms with van der Waals surface area (Å²) in [6.07, 6.45) is 2.68. The Kier molecular flexibility index (Phi) is 6.28. The van der Waals surface area contributed by atoms with Crippen molar-refractivity contribution in [1.82, 2.24) is 0 Å². The minimum atomic E-state index is -0.340. The molecule has 0 aliphatic heterocycles. The van der Waals surface area contributed by atoms with Crippen LogP contribution in [-0.4, -0.2) is 23.4 Å². The number of aromatic hydroxyl groups is 1. The van der Waals surface area contributed by atoms with Gasteiger partial charge in [0, 0.05) is 4.47 Å². The molecule has 0 heterocycles. The molecule has 4 heteroatoms. The first kappa shape index (κ1) is 16.8. The van der Waals surface area contributed by atoms with E-state index in [1.54, 1.807) is 12.1 Å². The van der Waals surface area contributed by atoms with E-state index >= 15 is 0 Å². The molecule has 0 bridgehead atoms. The van der Waals surface area contributed by atoms with Crippen LogP contribution in [-0.2, 0) is 12.8 Å². The largest absolute Gasteiger partial charge is 0.504 e. The Labute approximate surface area is 139 Å². The predicted molar refractivity (Wildman–Crippen MR) is 91.4 cm³/mol. The van der Waals surface area contributed by atoms with E-state index in [0.29, 0.717) is 12.2 Å². The predicted octanol–water partition coefficient (Wildman–Crippen LogP) is 4.09. The summed E-state index contributed by atoms with van der Waals surface area (Å²) < 4.78 is 6.08. The molecular formula is C18H21BrO3. The molecule has 0 aliphatic rings. The van der Waals surface area contributed by atoms with Crippen molar-refractivity contribution >= 4 is 15.9 Å². The maximum absolute atomic E-state index is 10.1. The van der Waals surface area contributed by atoms with Crippen LogP contribution in [0.3, 0.4) is 0 Å². The van der Waals surface area contributed by atoms with Crippen molar-refractivity contribution < 1.29 is 14.9 Å². The first-order valence-electron chi connectivity index (χ1n) is 7.37. The molecule has 2 aromatic carbocycles. The fourth-order valence-corrected chi connectivity index (χ4v) is 2.62. The van der Waals surface area contributed by atoms with E-state index in [1.807, 2.05) is 18.2 Å². The van der Waals surface area contributed by atoms with Crippen LogP contribution in [0.4, 0.5) is 0 Å². The van der Waals surface area contributed by atoms with Gasteiger partial charge in [-0.1, -0.05) is 34.1 Å².